The van der Waals surface area contributed by atoms with E-state index in [0.29, 0.717) is 5.92 Å². The number of aryl methyl sites for hydroxylation is 1. The van der Waals surface area contributed by atoms with Gasteiger partial charge in [-0.3, -0.25) is 4.79 Å². The van der Waals surface area contributed by atoms with E-state index >= 15 is 0 Å². The molecule has 1 unspecified atom stereocenters. The number of aliphatic hydroxyl groups excluding tert-OH is 1. The summed E-state index contributed by atoms with van der Waals surface area (Å²) in [6, 6.07) is 5.66. The van der Waals surface area contributed by atoms with Crippen LogP contribution in [0.25, 0.3) is 11.0 Å². The summed E-state index contributed by atoms with van der Waals surface area (Å²) in [5, 5.41) is 12.4. The number of H-pyrrole nitrogens is 1. The second-order valence-corrected chi connectivity index (χ2v) is 6.82. The zero-order valence-electron chi connectivity index (χ0n) is 14.4. The fourth-order valence-corrected chi connectivity index (χ4v) is 3.44. The molecule has 2 aromatic heterocycles. The van der Waals surface area contributed by atoms with Gasteiger partial charge in [0.2, 0.25) is 0 Å². The van der Waals surface area contributed by atoms with Crippen molar-refractivity contribution >= 4 is 22.6 Å². The predicted octanol–water partition coefficient (Wildman–Crippen LogP) is 3.36. The number of imidazole rings is 1. The molecule has 2 heterocycles. The third-order valence-electron chi connectivity index (χ3n) is 4.87. The average Bonchev–Trinajstić information content (AvgIpc) is 3.22. The lowest BCUT2D eigenvalue weighted by atomic mass is 10.1. The molecule has 25 heavy (non-hydrogen) atoms. The van der Waals surface area contributed by atoms with Gasteiger partial charge in [-0.2, -0.15) is 0 Å². The summed E-state index contributed by atoms with van der Waals surface area (Å²) in [5.41, 5.74) is 4.32. The number of nitrogens with zero attached hydrogens (tertiary/aromatic N) is 2. The second kappa shape index (κ2) is 6.04. The smallest absolute Gasteiger partial charge is 0.257 e. The molecule has 1 aromatic carbocycles. The molecule has 0 saturated heterocycles. The van der Waals surface area contributed by atoms with Crippen LogP contribution in [0.3, 0.4) is 0 Å². The van der Waals surface area contributed by atoms with E-state index in [1.807, 2.05) is 42.8 Å². The molecule has 1 fully saturated rings. The lowest BCUT2D eigenvalue weighted by molar-refractivity contribution is 0.102. The van der Waals surface area contributed by atoms with Crippen LogP contribution in [0, 0.1) is 6.92 Å². The summed E-state index contributed by atoms with van der Waals surface area (Å²) in [6.07, 6.45) is 6.01. The fourth-order valence-electron chi connectivity index (χ4n) is 3.44. The number of aliphatic hydroxyl groups is 1. The first-order valence-corrected chi connectivity index (χ1v) is 8.66. The van der Waals surface area contributed by atoms with Gasteiger partial charge in [0.05, 0.1) is 29.2 Å². The summed E-state index contributed by atoms with van der Waals surface area (Å²) in [4.78, 5) is 20.2. The molecule has 130 valence electrons. The molecule has 1 aliphatic carbocycles. The van der Waals surface area contributed by atoms with Crippen LogP contribution in [0.4, 0.5) is 5.69 Å². The third kappa shape index (κ3) is 2.82. The van der Waals surface area contributed by atoms with Gasteiger partial charge in [0, 0.05) is 18.1 Å². The van der Waals surface area contributed by atoms with Crippen molar-refractivity contribution in [2.75, 3.05) is 11.9 Å². The lowest BCUT2D eigenvalue weighted by Gasteiger charge is -2.13. The zero-order valence-corrected chi connectivity index (χ0v) is 14.4. The number of benzene rings is 1. The Balaban J connectivity index is 1.61. The van der Waals surface area contributed by atoms with Gasteiger partial charge >= 0.3 is 0 Å². The summed E-state index contributed by atoms with van der Waals surface area (Å²) in [6.45, 7) is 3.93. The maximum atomic E-state index is 12.6. The highest BCUT2D eigenvalue weighted by atomic mass is 16.3. The topological polar surface area (TPSA) is 82.9 Å². The van der Waals surface area contributed by atoms with Crippen LogP contribution in [-0.4, -0.2) is 32.2 Å². The summed E-state index contributed by atoms with van der Waals surface area (Å²) < 4.78 is 2.01. The van der Waals surface area contributed by atoms with Gasteiger partial charge in [0.25, 0.3) is 5.91 Å². The Labute approximate surface area is 145 Å². The highest BCUT2D eigenvalue weighted by molar-refractivity contribution is 6.06. The predicted molar refractivity (Wildman–Crippen MR) is 97.0 cm³/mol. The van der Waals surface area contributed by atoms with Crippen molar-refractivity contribution in [3.05, 3.63) is 47.5 Å². The van der Waals surface area contributed by atoms with Crippen LogP contribution in [0.15, 0.2) is 30.6 Å². The number of carbonyl (C=O) groups is 1. The van der Waals surface area contributed by atoms with Crippen LogP contribution in [0.2, 0.25) is 0 Å². The van der Waals surface area contributed by atoms with E-state index < -0.39 is 0 Å². The van der Waals surface area contributed by atoms with Crippen LogP contribution in [-0.2, 0) is 0 Å². The molecular formula is C19H22N4O2. The van der Waals surface area contributed by atoms with Crippen molar-refractivity contribution in [1.29, 1.82) is 0 Å². The van der Waals surface area contributed by atoms with Gasteiger partial charge in [-0.05, 0) is 56.4 Å². The molecule has 4 rings (SSSR count). The standard InChI is InChI=1S/C19H22N4O2/c1-11(10-24)23-12(2)21-17-7-14(5-6-18(17)23)22-19(25)16-9-20-8-15(16)13-3-4-13/h5-9,11,13,20,24H,3-4,10H2,1-2H3,(H,22,25). The average molecular weight is 338 g/mol. The van der Waals surface area contributed by atoms with E-state index in [-0.39, 0.29) is 18.6 Å². The minimum Gasteiger partial charge on any atom is -0.394 e. The number of fused-ring (bicyclic) bond motifs is 1. The van der Waals surface area contributed by atoms with E-state index in [1.165, 1.54) is 0 Å². The number of anilines is 1. The molecule has 1 aliphatic rings. The molecule has 6 nitrogen and oxygen atoms in total. The second-order valence-electron chi connectivity index (χ2n) is 6.82. The third-order valence-corrected chi connectivity index (χ3v) is 4.87. The zero-order chi connectivity index (χ0) is 17.6. The monoisotopic (exact) mass is 338 g/mol. The molecule has 0 spiro atoms. The van der Waals surface area contributed by atoms with Crippen molar-refractivity contribution in [2.45, 2.75) is 38.6 Å². The van der Waals surface area contributed by atoms with E-state index in [0.717, 1.165) is 46.5 Å². The highest BCUT2D eigenvalue weighted by Gasteiger charge is 2.28. The largest absolute Gasteiger partial charge is 0.394 e. The molecule has 0 bridgehead atoms. The number of carbonyl (C=O) groups excluding carboxylic acids is 1. The summed E-state index contributed by atoms with van der Waals surface area (Å²) >= 11 is 0. The minimum atomic E-state index is -0.0950. The maximum Gasteiger partial charge on any atom is 0.257 e. The van der Waals surface area contributed by atoms with Gasteiger partial charge in [-0.15, -0.1) is 0 Å². The molecule has 1 saturated carbocycles. The number of aromatic nitrogens is 3. The van der Waals surface area contributed by atoms with Crippen LogP contribution >= 0.6 is 0 Å². The quantitative estimate of drug-likeness (QED) is 0.667. The number of hydrogen-bond donors (Lipinski definition) is 3. The van der Waals surface area contributed by atoms with Gasteiger partial charge in [-0.1, -0.05) is 0 Å². The normalized spacial score (nSPS) is 15.5. The molecule has 1 atom stereocenters. The number of rotatable bonds is 5. The first kappa shape index (κ1) is 15.9. The van der Waals surface area contributed by atoms with E-state index in [2.05, 4.69) is 15.3 Å². The molecule has 1 amide bonds. The van der Waals surface area contributed by atoms with Crippen molar-refractivity contribution in [3.8, 4) is 0 Å². The van der Waals surface area contributed by atoms with Gasteiger partial charge < -0.3 is 20.0 Å². The van der Waals surface area contributed by atoms with Gasteiger partial charge in [-0.25, -0.2) is 4.98 Å². The Morgan fingerprint density at radius 1 is 1.44 bits per heavy atom. The van der Waals surface area contributed by atoms with E-state index in [1.54, 1.807) is 6.20 Å². The molecule has 3 N–H and O–H groups in total. The number of aromatic amines is 1. The molecule has 0 aliphatic heterocycles. The Morgan fingerprint density at radius 2 is 2.24 bits per heavy atom. The van der Waals surface area contributed by atoms with E-state index in [4.69, 9.17) is 0 Å². The maximum absolute atomic E-state index is 12.6. The van der Waals surface area contributed by atoms with Crippen molar-refractivity contribution in [2.24, 2.45) is 0 Å². The van der Waals surface area contributed by atoms with Crippen LogP contribution < -0.4 is 5.32 Å². The Bertz CT molecular complexity index is 936. The molecule has 3 aromatic rings. The highest BCUT2D eigenvalue weighted by Crippen LogP contribution is 2.41. The molecule has 6 heteroatoms. The number of nitrogens with one attached hydrogen (secondary N) is 2. The number of hydrogen-bond acceptors (Lipinski definition) is 3. The fraction of sp³-hybridized carbons (Fsp3) is 0.368. The van der Waals surface area contributed by atoms with Crippen molar-refractivity contribution < 1.29 is 9.90 Å². The van der Waals surface area contributed by atoms with Crippen molar-refractivity contribution in [1.82, 2.24) is 14.5 Å². The number of amides is 1. The van der Waals surface area contributed by atoms with Crippen molar-refractivity contribution in [3.63, 3.8) is 0 Å². The van der Waals surface area contributed by atoms with Crippen LogP contribution in [0.5, 0.6) is 0 Å². The molecular weight excluding hydrogens is 316 g/mol. The Kier molecular flexibility index (Phi) is 3.84. The SMILES string of the molecule is Cc1nc2cc(NC(=O)c3c[nH]cc3C3CC3)ccc2n1C(C)CO. The summed E-state index contributed by atoms with van der Waals surface area (Å²) in [7, 11) is 0. The Morgan fingerprint density at radius 3 is 2.96 bits per heavy atom. The molecule has 0 radical (unpaired) electrons. The first-order valence-electron chi connectivity index (χ1n) is 8.66. The van der Waals surface area contributed by atoms with E-state index in [9.17, 15) is 9.90 Å². The first-order chi connectivity index (χ1) is 12.1. The minimum absolute atomic E-state index is 0.0357. The van der Waals surface area contributed by atoms with Crippen LogP contribution in [0.1, 0.15) is 53.5 Å². The van der Waals surface area contributed by atoms with Gasteiger partial charge in [0.1, 0.15) is 5.82 Å². The summed E-state index contributed by atoms with van der Waals surface area (Å²) in [5.74, 6) is 1.27. The lowest BCUT2D eigenvalue weighted by Crippen LogP contribution is -2.13. The Hall–Kier alpha value is -2.60. The van der Waals surface area contributed by atoms with Gasteiger partial charge in [0.15, 0.2) is 0 Å².